The van der Waals surface area contributed by atoms with Crippen LogP contribution in [0.25, 0.3) is 0 Å². The summed E-state index contributed by atoms with van der Waals surface area (Å²) in [6, 6.07) is 4.38. The minimum absolute atomic E-state index is 0.0573. The molecule has 1 heterocycles. The molecule has 2 rings (SSSR count). The molecule has 0 spiro atoms. The molecule has 1 amide bonds. The van der Waals surface area contributed by atoms with E-state index in [1.165, 1.54) is 18.3 Å². The lowest BCUT2D eigenvalue weighted by Gasteiger charge is -2.06. The molecule has 1 aromatic carbocycles. The molecule has 0 saturated carbocycles. The van der Waals surface area contributed by atoms with Gasteiger partial charge in [0.25, 0.3) is 5.91 Å². The predicted octanol–water partition coefficient (Wildman–Crippen LogP) is 1.89. The highest BCUT2D eigenvalue weighted by molar-refractivity contribution is 5.93. The van der Waals surface area contributed by atoms with Crippen LogP contribution in [0.15, 0.2) is 35.3 Å². The fourth-order valence-electron chi connectivity index (χ4n) is 1.69. The van der Waals surface area contributed by atoms with Gasteiger partial charge in [0.2, 0.25) is 0 Å². The zero-order chi connectivity index (χ0) is 14.7. The third-order valence-corrected chi connectivity index (χ3v) is 2.76. The van der Waals surface area contributed by atoms with E-state index in [2.05, 4.69) is 10.3 Å². The Morgan fingerprint density at radius 2 is 2.05 bits per heavy atom. The average Bonchev–Trinajstić information content (AvgIpc) is 2.37. The molecule has 0 aliphatic carbocycles. The van der Waals surface area contributed by atoms with Gasteiger partial charge in [-0.2, -0.15) is 0 Å². The second-order valence-corrected chi connectivity index (χ2v) is 4.31. The van der Waals surface area contributed by atoms with Crippen molar-refractivity contribution in [3.8, 4) is 0 Å². The van der Waals surface area contributed by atoms with Gasteiger partial charge in [0.05, 0.1) is 0 Å². The Morgan fingerprint density at radius 1 is 1.30 bits per heavy atom. The van der Waals surface area contributed by atoms with Crippen LogP contribution < -0.4 is 10.7 Å². The third-order valence-electron chi connectivity index (χ3n) is 2.76. The second-order valence-electron chi connectivity index (χ2n) is 4.31. The van der Waals surface area contributed by atoms with Crippen molar-refractivity contribution in [2.75, 3.05) is 0 Å². The number of amides is 1. The Balaban J connectivity index is 2.10. The van der Waals surface area contributed by atoms with Gasteiger partial charge < -0.3 is 10.3 Å². The van der Waals surface area contributed by atoms with Crippen molar-refractivity contribution < 1.29 is 13.6 Å². The molecule has 0 fully saturated rings. The van der Waals surface area contributed by atoms with E-state index < -0.39 is 23.0 Å². The number of carbonyl (C=O) groups excluding carboxylic acids is 1. The molecule has 2 aromatic rings. The zero-order valence-electron chi connectivity index (χ0n) is 10.7. The Bertz CT molecular complexity index is 711. The molecular weight excluding hydrogens is 266 g/mol. The van der Waals surface area contributed by atoms with Crippen LogP contribution >= 0.6 is 0 Å². The van der Waals surface area contributed by atoms with Crippen LogP contribution in [-0.2, 0) is 6.54 Å². The Hall–Kier alpha value is -2.50. The summed E-state index contributed by atoms with van der Waals surface area (Å²) >= 11 is 0. The van der Waals surface area contributed by atoms with Gasteiger partial charge in [-0.15, -0.1) is 0 Å². The number of aromatic nitrogens is 1. The number of aromatic amines is 1. The van der Waals surface area contributed by atoms with Crippen molar-refractivity contribution in [1.29, 1.82) is 0 Å². The lowest BCUT2D eigenvalue weighted by atomic mass is 10.2. The Labute approximate surface area is 113 Å². The monoisotopic (exact) mass is 278 g/mol. The van der Waals surface area contributed by atoms with E-state index in [9.17, 15) is 18.4 Å². The number of benzene rings is 1. The average molecular weight is 278 g/mol. The smallest absolute Gasteiger partial charge is 0.257 e. The van der Waals surface area contributed by atoms with E-state index in [0.717, 1.165) is 12.1 Å². The van der Waals surface area contributed by atoms with Gasteiger partial charge in [-0.05, 0) is 13.0 Å². The van der Waals surface area contributed by atoms with Crippen LogP contribution in [0.5, 0.6) is 0 Å². The fraction of sp³-hybridized carbons (Fsp3) is 0.143. The van der Waals surface area contributed by atoms with Crippen molar-refractivity contribution >= 4 is 5.91 Å². The summed E-state index contributed by atoms with van der Waals surface area (Å²) in [4.78, 5) is 26.2. The lowest BCUT2D eigenvalue weighted by Crippen LogP contribution is -2.28. The van der Waals surface area contributed by atoms with Crippen molar-refractivity contribution in [2.24, 2.45) is 0 Å². The molecule has 0 atom stereocenters. The van der Waals surface area contributed by atoms with Crippen molar-refractivity contribution in [3.05, 3.63) is 69.1 Å². The largest absolute Gasteiger partial charge is 0.364 e. The highest BCUT2D eigenvalue weighted by atomic mass is 19.1. The topological polar surface area (TPSA) is 62.0 Å². The SMILES string of the molecule is Cc1cc(=O)c(C(=O)NCc2ccc(F)cc2F)c[nH]1. The molecule has 6 heteroatoms. The number of carbonyl (C=O) groups is 1. The zero-order valence-corrected chi connectivity index (χ0v) is 10.7. The van der Waals surface area contributed by atoms with Crippen LogP contribution in [0.1, 0.15) is 21.6 Å². The number of rotatable bonds is 3. The number of aryl methyl sites for hydroxylation is 1. The summed E-state index contributed by atoms with van der Waals surface area (Å²) in [7, 11) is 0. The molecule has 0 aliphatic rings. The van der Waals surface area contributed by atoms with Gasteiger partial charge in [0.1, 0.15) is 17.2 Å². The second kappa shape index (κ2) is 5.64. The maximum atomic E-state index is 13.4. The molecule has 0 aliphatic heterocycles. The first-order chi connectivity index (χ1) is 9.47. The third kappa shape index (κ3) is 3.09. The Morgan fingerprint density at radius 3 is 2.70 bits per heavy atom. The molecule has 0 radical (unpaired) electrons. The molecule has 20 heavy (non-hydrogen) atoms. The van der Waals surface area contributed by atoms with E-state index in [1.54, 1.807) is 6.92 Å². The van der Waals surface area contributed by atoms with Crippen LogP contribution in [-0.4, -0.2) is 10.9 Å². The maximum Gasteiger partial charge on any atom is 0.257 e. The van der Waals surface area contributed by atoms with Gasteiger partial charge in [-0.25, -0.2) is 8.78 Å². The number of hydrogen-bond acceptors (Lipinski definition) is 2. The summed E-state index contributed by atoms with van der Waals surface area (Å²) in [5.41, 5.74) is 0.302. The van der Waals surface area contributed by atoms with Crippen LogP contribution in [0.3, 0.4) is 0 Å². The number of halogens is 2. The summed E-state index contributed by atoms with van der Waals surface area (Å²) < 4.78 is 26.1. The highest BCUT2D eigenvalue weighted by Crippen LogP contribution is 2.09. The van der Waals surface area contributed by atoms with Gasteiger partial charge in [0.15, 0.2) is 5.43 Å². The molecule has 0 unspecified atom stereocenters. The maximum absolute atomic E-state index is 13.4. The number of H-pyrrole nitrogens is 1. The number of nitrogens with one attached hydrogen (secondary N) is 2. The molecular formula is C14H12F2N2O2. The van der Waals surface area contributed by atoms with E-state index in [1.807, 2.05) is 0 Å². The Kier molecular flexibility index (Phi) is 3.93. The number of pyridine rings is 1. The molecule has 0 saturated heterocycles. The molecule has 4 nitrogen and oxygen atoms in total. The van der Waals surface area contributed by atoms with Crippen molar-refractivity contribution in [3.63, 3.8) is 0 Å². The quantitative estimate of drug-likeness (QED) is 0.900. The van der Waals surface area contributed by atoms with Crippen LogP contribution in [0, 0.1) is 18.6 Å². The van der Waals surface area contributed by atoms with E-state index in [4.69, 9.17) is 0 Å². The van der Waals surface area contributed by atoms with Gasteiger partial charge in [-0.3, -0.25) is 9.59 Å². The normalized spacial score (nSPS) is 10.3. The lowest BCUT2D eigenvalue weighted by molar-refractivity contribution is 0.0949. The highest BCUT2D eigenvalue weighted by Gasteiger charge is 2.11. The molecule has 104 valence electrons. The molecule has 1 aromatic heterocycles. The first-order valence-corrected chi connectivity index (χ1v) is 5.89. The molecule has 0 bridgehead atoms. The molecule has 2 N–H and O–H groups in total. The summed E-state index contributed by atoms with van der Waals surface area (Å²) in [5, 5.41) is 2.41. The first kappa shape index (κ1) is 13.9. The summed E-state index contributed by atoms with van der Waals surface area (Å²) in [6.45, 7) is 1.56. The van der Waals surface area contributed by atoms with Crippen molar-refractivity contribution in [1.82, 2.24) is 10.3 Å². The minimum atomic E-state index is -0.747. The summed E-state index contributed by atoms with van der Waals surface area (Å²) in [6.07, 6.45) is 1.30. The van der Waals surface area contributed by atoms with E-state index in [0.29, 0.717) is 5.69 Å². The number of hydrogen-bond donors (Lipinski definition) is 2. The van der Waals surface area contributed by atoms with E-state index >= 15 is 0 Å². The van der Waals surface area contributed by atoms with E-state index in [-0.39, 0.29) is 17.7 Å². The fourth-order valence-corrected chi connectivity index (χ4v) is 1.69. The summed E-state index contributed by atoms with van der Waals surface area (Å²) in [5.74, 6) is -2.05. The first-order valence-electron chi connectivity index (χ1n) is 5.89. The van der Waals surface area contributed by atoms with Crippen molar-refractivity contribution in [2.45, 2.75) is 13.5 Å². The predicted molar refractivity (Wildman–Crippen MR) is 69.3 cm³/mol. The van der Waals surface area contributed by atoms with Crippen LogP contribution in [0.4, 0.5) is 8.78 Å². The van der Waals surface area contributed by atoms with Crippen LogP contribution in [0.2, 0.25) is 0 Å². The van der Waals surface area contributed by atoms with Gasteiger partial charge >= 0.3 is 0 Å². The minimum Gasteiger partial charge on any atom is -0.364 e. The van der Waals surface area contributed by atoms with Gasteiger partial charge in [0, 0.05) is 36.1 Å². The standard InChI is InChI=1S/C14H12F2N2O2/c1-8-4-13(19)11(7-17-8)14(20)18-6-9-2-3-10(15)5-12(9)16/h2-5,7H,6H2,1H3,(H,17,19)(H,18,20). The van der Waals surface area contributed by atoms with Gasteiger partial charge in [-0.1, -0.05) is 6.07 Å².